The summed E-state index contributed by atoms with van der Waals surface area (Å²) in [6.45, 7) is 8.08. The maximum absolute atomic E-state index is 12.8. The van der Waals surface area contributed by atoms with Crippen LogP contribution in [0.3, 0.4) is 0 Å². The molecular weight excluding hydrogens is 384 g/mol. The largest absolute Gasteiger partial charge is 0.379 e. The molecule has 7 heteroatoms. The van der Waals surface area contributed by atoms with Crippen LogP contribution in [0.15, 0.2) is 35.5 Å². The molecule has 29 heavy (non-hydrogen) atoms. The number of thioether (sulfide) groups is 1. The molecule has 1 fully saturated rings. The molecule has 0 spiro atoms. The highest BCUT2D eigenvalue weighted by Gasteiger charge is 2.20. The van der Waals surface area contributed by atoms with E-state index in [2.05, 4.69) is 32.3 Å². The van der Waals surface area contributed by atoms with Gasteiger partial charge in [0.25, 0.3) is 0 Å². The van der Waals surface area contributed by atoms with E-state index in [0.717, 1.165) is 60.5 Å². The first kappa shape index (κ1) is 21.7. The Hall–Kier alpha value is -1.96. The minimum atomic E-state index is -0.0286. The molecule has 0 aliphatic carbocycles. The highest BCUT2D eigenvalue weighted by Crippen LogP contribution is 2.19. The molecule has 1 aromatic heterocycles. The lowest BCUT2D eigenvalue weighted by Gasteiger charge is -2.31. The highest BCUT2D eigenvalue weighted by molar-refractivity contribution is 7.98. The Balaban J connectivity index is 1.64. The molecule has 1 atom stereocenters. The highest BCUT2D eigenvalue weighted by atomic mass is 32.2. The summed E-state index contributed by atoms with van der Waals surface area (Å²) in [5, 5.41) is 4.03. The molecule has 0 unspecified atom stereocenters. The van der Waals surface area contributed by atoms with Crippen molar-refractivity contribution in [2.24, 2.45) is 0 Å². The van der Waals surface area contributed by atoms with Crippen LogP contribution in [0.5, 0.6) is 0 Å². The number of aromatic nitrogens is 2. The molecule has 1 N–H and O–H groups in total. The minimum Gasteiger partial charge on any atom is -0.379 e. The van der Waals surface area contributed by atoms with Crippen molar-refractivity contribution in [2.45, 2.75) is 37.9 Å². The number of amides is 1. The van der Waals surface area contributed by atoms with Crippen LogP contribution in [0.1, 0.15) is 35.0 Å². The van der Waals surface area contributed by atoms with Gasteiger partial charge in [-0.25, -0.2) is 9.97 Å². The summed E-state index contributed by atoms with van der Waals surface area (Å²) < 4.78 is 5.45. The average molecular weight is 415 g/mol. The lowest BCUT2D eigenvalue weighted by molar-refractivity contribution is -0.122. The first-order chi connectivity index (χ1) is 14.1. The second-order valence-corrected chi connectivity index (χ2v) is 8.08. The smallest absolute Gasteiger partial charge is 0.220 e. The Labute approximate surface area is 177 Å². The lowest BCUT2D eigenvalue weighted by Crippen LogP contribution is -2.43. The third-order valence-electron chi connectivity index (χ3n) is 5.27. The number of benzene rings is 1. The summed E-state index contributed by atoms with van der Waals surface area (Å²) in [5.74, 6) is 0.0554. The maximum Gasteiger partial charge on any atom is 0.220 e. The second-order valence-electron chi connectivity index (χ2n) is 7.30. The Kier molecular flexibility index (Phi) is 8.03. The summed E-state index contributed by atoms with van der Waals surface area (Å²) >= 11 is 1.54. The SMILES string of the molecule is CSc1nc(C)c(CCC(=O)N[C@@H](CN2CCOCC2)c2ccccc2)c(C)n1. The quantitative estimate of drug-likeness (QED) is 0.529. The Morgan fingerprint density at radius 2 is 1.83 bits per heavy atom. The lowest BCUT2D eigenvalue weighted by atomic mass is 10.0. The third-order valence-corrected chi connectivity index (χ3v) is 5.81. The van der Waals surface area contributed by atoms with Gasteiger partial charge >= 0.3 is 0 Å². The average Bonchev–Trinajstić information content (AvgIpc) is 2.74. The van der Waals surface area contributed by atoms with Gasteiger partial charge in [-0.3, -0.25) is 9.69 Å². The van der Waals surface area contributed by atoms with E-state index < -0.39 is 0 Å². The molecule has 1 aliphatic rings. The number of nitrogens with one attached hydrogen (secondary N) is 1. The summed E-state index contributed by atoms with van der Waals surface area (Å²) in [7, 11) is 0. The molecule has 156 valence electrons. The number of carbonyl (C=O) groups is 1. The van der Waals surface area contributed by atoms with Gasteiger partial charge in [0.2, 0.25) is 5.91 Å². The van der Waals surface area contributed by atoms with Crippen molar-refractivity contribution >= 4 is 17.7 Å². The number of hydrogen-bond donors (Lipinski definition) is 1. The van der Waals surface area contributed by atoms with Crippen molar-refractivity contribution in [3.05, 3.63) is 52.8 Å². The Morgan fingerprint density at radius 3 is 2.45 bits per heavy atom. The van der Waals surface area contributed by atoms with E-state index in [1.165, 1.54) is 11.8 Å². The molecule has 3 rings (SSSR count). The van der Waals surface area contributed by atoms with E-state index in [9.17, 15) is 4.79 Å². The van der Waals surface area contributed by atoms with Crippen LogP contribution >= 0.6 is 11.8 Å². The fraction of sp³-hybridized carbons (Fsp3) is 0.500. The van der Waals surface area contributed by atoms with Crippen LogP contribution in [0.2, 0.25) is 0 Å². The van der Waals surface area contributed by atoms with Crippen molar-refractivity contribution in [3.63, 3.8) is 0 Å². The molecular formula is C22H30N4O2S. The number of ether oxygens (including phenoxy) is 1. The van der Waals surface area contributed by atoms with E-state index in [4.69, 9.17) is 4.74 Å². The van der Waals surface area contributed by atoms with Gasteiger partial charge in [-0.2, -0.15) is 0 Å². The molecule has 2 aromatic rings. The zero-order valence-electron chi connectivity index (χ0n) is 17.5. The van der Waals surface area contributed by atoms with Crippen LogP contribution in [-0.2, 0) is 16.0 Å². The maximum atomic E-state index is 12.8. The van der Waals surface area contributed by atoms with Gasteiger partial charge < -0.3 is 10.1 Å². The van der Waals surface area contributed by atoms with Crippen molar-refractivity contribution in [1.29, 1.82) is 0 Å². The predicted octanol–water partition coefficient (Wildman–Crippen LogP) is 2.94. The number of hydrogen-bond acceptors (Lipinski definition) is 6. The number of aryl methyl sites for hydroxylation is 2. The van der Waals surface area contributed by atoms with Crippen LogP contribution in [0.4, 0.5) is 0 Å². The minimum absolute atomic E-state index is 0.0286. The van der Waals surface area contributed by atoms with E-state index in [0.29, 0.717) is 12.8 Å². The van der Waals surface area contributed by atoms with Crippen LogP contribution < -0.4 is 5.32 Å². The zero-order chi connectivity index (χ0) is 20.6. The van der Waals surface area contributed by atoms with Crippen molar-refractivity contribution in [3.8, 4) is 0 Å². The molecule has 1 amide bonds. The molecule has 1 saturated heterocycles. The summed E-state index contributed by atoms with van der Waals surface area (Å²) in [4.78, 5) is 24.2. The Bertz CT molecular complexity index is 787. The van der Waals surface area contributed by atoms with E-state index in [1.807, 2.05) is 38.3 Å². The first-order valence-corrected chi connectivity index (χ1v) is 11.3. The normalized spacial score (nSPS) is 15.8. The fourth-order valence-electron chi connectivity index (χ4n) is 3.63. The van der Waals surface area contributed by atoms with Gasteiger partial charge in [-0.1, -0.05) is 42.1 Å². The van der Waals surface area contributed by atoms with Gasteiger partial charge in [0.1, 0.15) is 0 Å². The van der Waals surface area contributed by atoms with E-state index in [-0.39, 0.29) is 11.9 Å². The Morgan fingerprint density at radius 1 is 1.17 bits per heavy atom. The summed E-state index contributed by atoms with van der Waals surface area (Å²) in [5.41, 5.74) is 4.12. The zero-order valence-corrected chi connectivity index (χ0v) is 18.3. The van der Waals surface area contributed by atoms with Crippen LogP contribution in [-0.4, -0.2) is 59.9 Å². The summed E-state index contributed by atoms with van der Waals surface area (Å²) in [6.07, 6.45) is 3.05. The van der Waals surface area contributed by atoms with Gasteiger partial charge in [0.05, 0.1) is 19.3 Å². The van der Waals surface area contributed by atoms with E-state index >= 15 is 0 Å². The molecule has 1 aromatic carbocycles. The van der Waals surface area contributed by atoms with Gasteiger partial charge in [-0.05, 0) is 37.7 Å². The molecule has 6 nitrogen and oxygen atoms in total. The number of rotatable bonds is 8. The molecule has 1 aliphatic heterocycles. The monoisotopic (exact) mass is 414 g/mol. The predicted molar refractivity (Wildman–Crippen MR) is 116 cm³/mol. The topological polar surface area (TPSA) is 67.4 Å². The molecule has 0 radical (unpaired) electrons. The van der Waals surface area contributed by atoms with Gasteiger partial charge in [0, 0.05) is 37.4 Å². The number of carbonyl (C=O) groups excluding carboxylic acids is 1. The van der Waals surface area contributed by atoms with E-state index in [1.54, 1.807) is 0 Å². The van der Waals surface area contributed by atoms with Crippen molar-refractivity contribution in [2.75, 3.05) is 39.1 Å². The molecule has 0 bridgehead atoms. The van der Waals surface area contributed by atoms with Crippen LogP contribution in [0, 0.1) is 13.8 Å². The van der Waals surface area contributed by atoms with Crippen LogP contribution in [0.25, 0.3) is 0 Å². The van der Waals surface area contributed by atoms with Crippen molar-refractivity contribution in [1.82, 2.24) is 20.2 Å². The molecule has 0 saturated carbocycles. The van der Waals surface area contributed by atoms with Gasteiger partial charge in [0.15, 0.2) is 5.16 Å². The number of nitrogens with zero attached hydrogens (tertiary/aromatic N) is 3. The number of morpholine rings is 1. The molecule has 2 heterocycles. The second kappa shape index (κ2) is 10.7. The third kappa shape index (κ3) is 6.26. The standard InChI is InChI=1S/C22H30N4O2S/c1-16-19(17(2)24-22(23-16)29-3)9-10-21(27)25-20(18-7-5-4-6-8-18)15-26-11-13-28-14-12-26/h4-8,20H,9-15H2,1-3H3,(H,25,27)/t20-/m0/s1. The summed E-state index contributed by atoms with van der Waals surface area (Å²) in [6, 6.07) is 10.2. The first-order valence-electron chi connectivity index (χ1n) is 10.1. The van der Waals surface area contributed by atoms with Crippen molar-refractivity contribution < 1.29 is 9.53 Å². The fourth-order valence-corrected chi connectivity index (χ4v) is 4.08. The van der Waals surface area contributed by atoms with Gasteiger partial charge in [-0.15, -0.1) is 0 Å².